The van der Waals surface area contributed by atoms with Gasteiger partial charge in [-0.05, 0) is 12.8 Å². The third-order valence-corrected chi connectivity index (χ3v) is 6.42. The van der Waals surface area contributed by atoms with Crippen LogP contribution in [0, 0.1) is 0 Å². The van der Waals surface area contributed by atoms with Crippen LogP contribution >= 0.6 is 11.8 Å². The van der Waals surface area contributed by atoms with Gasteiger partial charge in [0.1, 0.15) is 0 Å². The molecule has 0 aromatic heterocycles. The Labute approximate surface area is 105 Å². The van der Waals surface area contributed by atoms with E-state index in [1.54, 1.807) is 4.90 Å². The van der Waals surface area contributed by atoms with E-state index in [1.807, 2.05) is 0 Å². The summed E-state index contributed by atoms with van der Waals surface area (Å²) in [6.07, 6.45) is 0.910. The van der Waals surface area contributed by atoms with Crippen molar-refractivity contribution in [1.29, 1.82) is 0 Å². The molecule has 0 aliphatic carbocycles. The predicted molar refractivity (Wildman–Crippen MR) is 66.7 cm³/mol. The number of hydrogen-bond acceptors (Lipinski definition) is 5. The van der Waals surface area contributed by atoms with Crippen molar-refractivity contribution in [2.75, 3.05) is 30.3 Å². The molecule has 7 heteroatoms. The molecule has 2 aliphatic heterocycles. The summed E-state index contributed by atoms with van der Waals surface area (Å²) < 4.78 is 22.5. The highest BCUT2D eigenvalue weighted by Gasteiger charge is 2.30. The second kappa shape index (κ2) is 5.16. The van der Waals surface area contributed by atoms with Crippen molar-refractivity contribution in [2.24, 2.45) is 0 Å². The summed E-state index contributed by atoms with van der Waals surface area (Å²) in [4.78, 5) is 13.4. The highest BCUT2D eigenvalue weighted by molar-refractivity contribution is 8.02. The number of aliphatic hydroxyl groups is 1. The Bertz CT molecular complexity index is 395. The Hall–Kier alpha value is -0.270. The van der Waals surface area contributed by atoms with Crippen molar-refractivity contribution in [2.45, 2.75) is 24.2 Å². The molecule has 0 spiro atoms. The molecule has 1 amide bonds. The van der Waals surface area contributed by atoms with Crippen LogP contribution < -0.4 is 0 Å². The quantitative estimate of drug-likeness (QED) is 0.754. The number of carbonyl (C=O) groups excluding carboxylic acids is 1. The van der Waals surface area contributed by atoms with Crippen LogP contribution in [0.1, 0.15) is 12.8 Å². The van der Waals surface area contributed by atoms with Gasteiger partial charge in [-0.1, -0.05) is 0 Å². The van der Waals surface area contributed by atoms with Crippen molar-refractivity contribution in [3.8, 4) is 0 Å². The number of sulfone groups is 1. The summed E-state index contributed by atoms with van der Waals surface area (Å²) in [6.45, 7) is 1.03. The molecular weight excluding hydrogens is 262 g/mol. The maximum Gasteiger partial charge on any atom is 0.232 e. The lowest BCUT2D eigenvalue weighted by Crippen LogP contribution is -2.31. The average Bonchev–Trinajstić information content (AvgIpc) is 2.81. The van der Waals surface area contributed by atoms with Gasteiger partial charge in [0.15, 0.2) is 9.84 Å². The van der Waals surface area contributed by atoms with E-state index in [4.69, 9.17) is 0 Å². The molecule has 0 aromatic rings. The van der Waals surface area contributed by atoms with E-state index in [2.05, 4.69) is 0 Å². The number of hydrogen-bond donors (Lipinski definition) is 1. The lowest BCUT2D eigenvalue weighted by molar-refractivity contribution is -0.127. The van der Waals surface area contributed by atoms with E-state index in [-0.39, 0.29) is 22.7 Å². The minimum Gasteiger partial charge on any atom is -0.391 e. The first kappa shape index (κ1) is 13.2. The van der Waals surface area contributed by atoms with Crippen molar-refractivity contribution >= 4 is 27.5 Å². The molecule has 2 fully saturated rings. The predicted octanol–water partition coefficient (Wildman–Crippen LogP) is -0.500. The Balaban J connectivity index is 1.74. The molecule has 0 saturated carbocycles. The van der Waals surface area contributed by atoms with Crippen molar-refractivity contribution in [1.82, 2.24) is 4.90 Å². The number of carbonyl (C=O) groups is 1. The summed E-state index contributed by atoms with van der Waals surface area (Å²) >= 11 is 1.43. The van der Waals surface area contributed by atoms with E-state index in [9.17, 15) is 18.3 Å². The van der Waals surface area contributed by atoms with Gasteiger partial charge in [0.05, 0.1) is 23.4 Å². The molecule has 2 atom stereocenters. The van der Waals surface area contributed by atoms with Gasteiger partial charge in [-0.3, -0.25) is 4.79 Å². The Morgan fingerprint density at radius 1 is 1.41 bits per heavy atom. The first-order valence-electron chi connectivity index (χ1n) is 5.74. The van der Waals surface area contributed by atoms with Gasteiger partial charge in [-0.25, -0.2) is 8.42 Å². The van der Waals surface area contributed by atoms with Crippen LogP contribution in [-0.4, -0.2) is 66.0 Å². The van der Waals surface area contributed by atoms with Gasteiger partial charge in [0, 0.05) is 18.3 Å². The van der Waals surface area contributed by atoms with Gasteiger partial charge in [-0.15, -0.1) is 11.8 Å². The smallest absolute Gasteiger partial charge is 0.232 e. The number of thioether (sulfide) groups is 1. The minimum absolute atomic E-state index is 0.0100. The van der Waals surface area contributed by atoms with E-state index in [1.165, 1.54) is 11.8 Å². The Morgan fingerprint density at radius 2 is 2.18 bits per heavy atom. The number of aliphatic hydroxyl groups excluding tert-OH is 1. The van der Waals surface area contributed by atoms with Crippen LogP contribution in [0.3, 0.4) is 0 Å². The number of β-amino-alcohol motifs (C(OH)–C–C–N with tert-alkyl or cyclic N) is 1. The summed E-state index contributed by atoms with van der Waals surface area (Å²) in [6, 6.07) is 0. The Morgan fingerprint density at radius 3 is 2.71 bits per heavy atom. The van der Waals surface area contributed by atoms with Crippen molar-refractivity contribution < 1.29 is 18.3 Å². The van der Waals surface area contributed by atoms with Crippen molar-refractivity contribution in [3.63, 3.8) is 0 Å². The lowest BCUT2D eigenvalue weighted by Gasteiger charge is -2.16. The van der Waals surface area contributed by atoms with Gasteiger partial charge in [0.2, 0.25) is 5.91 Å². The number of amides is 1. The number of rotatable bonds is 3. The lowest BCUT2D eigenvalue weighted by atomic mass is 10.3. The van der Waals surface area contributed by atoms with E-state index in [0.717, 1.165) is 0 Å². The molecule has 0 radical (unpaired) electrons. The summed E-state index contributed by atoms with van der Waals surface area (Å²) in [7, 11) is -2.86. The van der Waals surface area contributed by atoms with E-state index < -0.39 is 15.9 Å². The maximum absolute atomic E-state index is 11.8. The fourth-order valence-corrected chi connectivity index (χ4v) is 5.69. The first-order valence-corrected chi connectivity index (χ1v) is 8.61. The Kier molecular flexibility index (Phi) is 3.99. The maximum atomic E-state index is 11.8. The molecule has 2 saturated heterocycles. The molecule has 0 aromatic carbocycles. The fourth-order valence-electron chi connectivity index (χ4n) is 2.14. The largest absolute Gasteiger partial charge is 0.391 e. The summed E-state index contributed by atoms with van der Waals surface area (Å²) in [5.74, 6) is 0.790. The van der Waals surface area contributed by atoms with Gasteiger partial charge < -0.3 is 10.0 Å². The molecule has 0 bridgehead atoms. The SMILES string of the molecule is O=C(CSC1CCS(=O)(=O)C1)N1CC[C@H](O)C1. The first-order chi connectivity index (χ1) is 7.96. The second-order valence-electron chi connectivity index (χ2n) is 4.62. The zero-order valence-corrected chi connectivity index (χ0v) is 11.2. The van der Waals surface area contributed by atoms with Crippen LogP contribution in [-0.2, 0) is 14.6 Å². The zero-order chi connectivity index (χ0) is 12.5. The molecule has 2 heterocycles. The third kappa shape index (κ3) is 3.59. The second-order valence-corrected chi connectivity index (χ2v) is 8.14. The fraction of sp³-hybridized carbons (Fsp3) is 0.900. The third-order valence-electron chi connectivity index (χ3n) is 3.15. The highest BCUT2D eigenvalue weighted by Crippen LogP contribution is 2.24. The van der Waals surface area contributed by atoms with Crippen LogP contribution in [0.2, 0.25) is 0 Å². The molecule has 2 aliphatic rings. The van der Waals surface area contributed by atoms with E-state index >= 15 is 0 Å². The van der Waals surface area contributed by atoms with Crippen LogP contribution in [0.5, 0.6) is 0 Å². The zero-order valence-electron chi connectivity index (χ0n) is 9.54. The molecule has 1 unspecified atom stereocenters. The van der Waals surface area contributed by atoms with E-state index in [0.29, 0.717) is 31.7 Å². The van der Waals surface area contributed by atoms with Crippen LogP contribution in [0.4, 0.5) is 0 Å². The molecule has 17 heavy (non-hydrogen) atoms. The van der Waals surface area contributed by atoms with Gasteiger partial charge in [0.25, 0.3) is 0 Å². The molecule has 5 nitrogen and oxygen atoms in total. The topological polar surface area (TPSA) is 74.7 Å². The monoisotopic (exact) mass is 279 g/mol. The average molecular weight is 279 g/mol. The molecule has 2 rings (SSSR count). The standard InChI is InChI=1S/C10H17NO4S2/c12-8-1-3-11(5-8)10(13)6-16-9-2-4-17(14,15)7-9/h8-9,12H,1-7H2/t8-,9?/m0/s1. The molecule has 1 N–H and O–H groups in total. The number of nitrogens with zero attached hydrogens (tertiary/aromatic N) is 1. The summed E-state index contributed by atoms with van der Waals surface area (Å²) in [5.41, 5.74) is 0. The van der Waals surface area contributed by atoms with Crippen LogP contribution in [0.25, 0.3) is 0 Å². The highest BCUT2D eigenvalue weighted by atomic mass is 32.2. The van der Waals surface area contributed by atoms with Gasteiger partial charge >= 0.3 is 0 Å². The van der Waals surface area contributed by atoms with Gasteiger partial charge in [-0.2, -0.15) is 0 Å². The normalized spacial score (nSPS) is 31.9. The molecular formula is C10H17NO4S2. The minimum atomic E-state index is -2.86. The van der Waals surface area contributed by atoms with Crippen LogP contribution in [0.15, 0.2) is 0 Å². The van der Waals surface area contributed by atoms with Crippen molar-refractivity contribution in [3.05, 3.63) is 0 Å². The number of likely N-dealkylation sites (tertiary alicyclic amines) is 1. The molecule has 98 valence electrons. The summed E-state index contributed by atoms with van der Waals surface area (Å²) in [5, 5.41) is 9.38.